The van der Waals surface area contributed by atoms with E-state index in [0.717, 1.165) is 16.7 Å². The molecule has 0 heterocycles. The normalized spacial score (nSPS) is 11.0. The van der Waals surface area contributed by atoms with E-state index in [9.17, 15) is 10.1 Å². The summed E-state index contributed by atoms with van der Waals surface area (Å²) in [5.41, 5.74) is 5.24. The maximum absolute atomic E-state index is 12.7. The van der Waals surface area contributed by atoms with E-state index in [1.807, 2.05) is 69.3 Å². The molecule has 3 aromatic rings. The van der Waals surface area contributed by atoms with E-state index < -0.39 is 5.91 Å². The fraction of sp³-hybridized carbons (Fsp3) is 0.185. The van der Waals surface area contributed by atoms with Crippen molar-refractivity contribution in [3.63, 3.8) is 0 Å². The van der Waals surface area contributed by atoms with E-state index in [1.165, 1.54) is 18.7 Å². The van der Waals surface area contributed by atoms with Crippen LogP contribution in [0.1, 0.15) is 27.8 Å². The predicted octanol–water partition coefficient (Wildman–Crippen LogP) is 6.40. The Balaban J connectivity index is 1.83. The topological polar surface area (TPSA) is 71.3 Å². The van der Waals surface area contributed by atoms with Crippen LogP contribution in [0, 0.1) is 32.1 Å². The van der Waals surface area contributed by atoms with Gasteiger partial charge in [0.25, 0.3) is 5.91 Å². The van der Waals surface area contributed by atoms with Gasteiger partial charge < -0.3 is 14.8 Å². The molecule has 0 aliphatic heterocycles. The molecule has 3 aromatic carbocycles. The molecule has 0 radical (unpaired) electrons. The third kappa shape index (κ3) is 6.15. The molecule has 1 amide bonds. The zero-order valence-electron chi connectivity index (χ0n) is 19.0. The summed E-state index contributed by atoms with van der Waals surface area (Å²) in [7, 11) is 1.51. The summed E-state index contributed by atoms with van der Waals surface area (Å²) in [6.07, 6.45) is 1.47. The first-order valence-electron chi connectivity index (χ1n) is 10.4. The summed E-state index contributed by atoms with van der Waals surface area (Å²) in [6, 6.07) is 19.0. The summed E-state index contributed by atoms with van der Waals surface area (Å²) in [6.45, 7) is 6.18. The van der Waals surface area contributed by atoms with Gasteiger partial charge in [-0.3, -0.25) is 4.79 Å². The van der Waals surface area contributed by atoms with Crippen LogP contribution in [-0.4, -0.2) is 13.0 Å². The van der Waals surface area contributed by atoms with Crippen molar-refractivity contribution >= 4 is 29.3 Å². The molecule has 0 atom stereocenters. The van der Waals surface area contributed by atoms with Crippen LogP contribution in [0.4, 0.5) is 5.69 Å². The quantitative estimate of drug-likeness (QED) is 0.327. The van der Waals surface area contributed by atoms with Crippen LogP contribution in [-0.2, 0) is 11.4 Å². The van der Waals surface area contributed by atoms with Gasteiger partial charge >= 0.3 is 0 Å². The Morgan fingerprint density at radius 3 is 2.42 bits per heavy atom. The first kappa shape index (κ1) is 23.9. The van der Waals surface area contributed by atoms with Gasteiger partial charge in [0.05, 0.1) is 12.1 Å². The Labute approximate surface area is 199 Å². The fourth-order valence-electron chi connectivity index (χ4n) is 3.18. The highest BCUT2D eigenvalue weighted by Crippen LogP contribution is 2.37. The van der Waals surface area contributed by atoms with Gasteiger partial charge in [-0.25, -0.2) is 0 Å². The Kier molecular flexibility index (Phi) is 7.76. The van der Waals surface area contributed by atoms with Gasteiger partial charge in [0.15, 0.2) is 11.5 Å². The minimum Gasteiger partial charge on any atom is -0.493 e. The van der Waals surface area contributed by atoms with E-state index in [0.29, 0.717) is 34.4 Å². The number of ether oxygens (including phenoxy) is 2. The molecule has 0 saturated carbocycles. The van der Waals surface area contributed by atoms with Crippen LogP contribution >= 0.6 is 11.6 Å². The van der Waals surface area contributed by atoms with Gasteiger partial charge in [0.1, 0.15) is 18.2 Å². The molecule has 0 fully saturated rings. The number of carbonyl (C=O) groups is 1. The van der Waals surface area contributed by atoms with Gasteiger partial charge in [-0.1, -0.05) is 53.6 Å². The van der Waals surface area contributed by atoms with E-state index >= 15 is 0 Å². The molecule has 0 aliphatic carbocycles. The number of nitriles is 1. The molecule has 0 aliphatic rings. The summed E-state index contributed by atoms with van der Waals surface area (Å²) < 4.78 is 11.4. The maximum atomic E-state index is 12.7. The first-order chi connectivity index (χ1) is 15.8. The largest absolute Gasteiger partial charge is 0.493 e. The lowest BCUT2D eigenvalue weighted by Gasteiger charge is -2.14. The fourth-order valence-corrected chi connectivity index (χ4v) is 3.45. The number of halogens is 1. The van der Waals surface area contributed by atoms with Gasteiger partial charge in [0.2, 0.25) is 0 Å². The van der Waals surface area contributed by atoms with Crippen molar-refractivity contribution in [2.24, 2.45) is 0 Å². The zero-order chi connectivity index (χ0) is 24.0. The van der Waals surface area contributed by atoms with E-state index in [2.05, 4.69) is 5.32 Å². The van der Waals surface area contributed by atoms with Crippen molar-refractivity contribution in [1.29, 1.82) is 5.26 Å². The molecule has 0 spiro atoms. The number of benzene rings is 3. The van der Waals surface area contributed by atoms with Crippen molar-refractivity contribution in [2.75, 3.05) is 12.4 Å². The second-order valence-electron chi connectivity index (χ2n) is 7.75. The highest BCUT2D eigenvalue weighted by atomic mass is 35.5. The lowest BCUT2D eigenvalue weighted by Crippen LogP contribution is -2.14. The van der Waals surface area contributed by atoms with E-state index in [4.69, 9.17) is 21.1 Å². The highest BCUT2D eigenvalue weighted by Gasteiger charge is 2.15. The Morgan fingerprint density at radius 2 is 1.76 bits per heavy atom. The Hall–Kier alpha value is -3.75. The number of nitrogens with zero attached hydrogens (tertiary/aromatic N) is 1. The van der Waals surface area contributed by atoms with Crippen molar-refractivity contribution in [1.82, 2.24) is 0 Å². The number of aryl methyl sites for hydroxylation is 3. The predicted molar refractivity (Wildman–Crippen MR) is 132 cm³/mol. The number of carbonyl (C=O) groups excluding carboxylic acids is 1. The van der Waals surface area contributed by atoms with Crippen molar-refractivity contribution in [2.45, 2.75) is 27.4 Å². The highest BCUT2D eigenvalue weighted by molar-refractivity contribution is 6.32. The molecule has 0 aromatic heterocycles. The zero-order valence-corrected chi connectivity index (χ0v) is 19.8. The number of rotatable bonds is 7. The molecule has 3 rings (SSSR count). The minimum absolute atomic E-state index is 0.0534. The molecule has 6 heteroatoms. The van der Waals surface area contributed by atoms with E-state index in [-0.39, 0.29) is 5.57 Å². The molecule has 0 bridgehead atoms. The van der Waals surface area contributed by atoms with Crippen LogP contribution in [0.5, 0.6) is 11.5 Å². The first-order valence-corrected chi connectivity index (χ1v) is 10.7. The number of methoxy groups -OCH3 is 1. The van der Waals surface area contributed by atoms with Crippen LogP contribution in [0.2, 0.25) is 5.02 Å². The summed E-state index contributed by atoms with van der Waals surface area (Å²) in [5.74, 6) is 0.310. The monoisotopic (exact) mass is 460 g/mol. The molecule has 168 valence electrons. The van der Waals surface area contributed by atoms with Crippen LogP contribution in [0.25, 0.3) is 6.08 Å². The van der Waals surface area contributed by atoms with Crippen LogP contribution in [0.15, 0.2) is 60.2 Å². The Bertz CT molecular complexity index is 1240. The number of nitrogens with one attached hydrogen (secondary N) is 1. The third-order valence-electron chi connectivity index (χ3n) is 5.07. The number of amides is 1. The molecule has 1 N–H and O–H groups in total. The van der Waals surface area contributed by atoms with Crippen LogP contribution in [0.3, 0.4) is 0 Å². The molecule has 0 unspecified atom stereocenters. The second kappa shape index (κ2) is 10.7. The lowest BCUT2D eigenvalue weighted by molar-refractivity contribution is -0.112. The maximum Gasteiger partial charge on any atom is 0.266 e. The van der Waals surface area contributed by atoms with Crippen LogP contribution < -0.4 is 14.8 Å². The number of hydrogen-bond donors (Lipinski definition) is 1. The third-order valence-corrected chi connectivity index (χ3v) is 5.35. The molecular weight excluding hydrogens is 436 g/mol. The average Bonchev–Trinajstić information content (AvgIpc) is 2.79. The average molecular weight is 461 g/mol. The van der Waals surface area contributed by atoms with Crippen molar-refractivity contribution < 1.29 is 14.3 Å². The SMILES string of the molecule is COc1cc(/C=C(\C#N)C(=O)Nc2cc(C)ccc2C)cc(Cl)c1OCc1ccc(C)cc1. The smallest absolute Gasteiger partial charge is 0.266 e. The minimum atomic E-state index is -0.499. The lowest BCUT2D eigenvalue weighted by atomic mass is 10.1. The second-order valence-corrected chi connectivity index (χ2v) is 8.16. The van der Waals surface area contributed by atoms with E-state index in [1.54, 1.807) is 12.1 Å². The van der Waals surface area contributed by atoms with Gasteiger partial charge in [-0.2, -0.15) is 5.26 Å². The van der Waals surface area contributed by atoms with Crippen molar-refractivity contribution in [3.05, 3.63) is 93.0 Å². The van der Waals surface area contributed by atoms with Crippen molar-refractivity contribution in [3.8, 4) is 17.6 Å². The van der Waals surface area contributed by atoms with Gasteiger partial charge in [-0.15, -0.1) is 0 Å². The number of hydrogen-bond acceptors (Lipinski definition) is 4. The number of anilines is 1. The molecular formula is C27H25ClN2O3. The molecule has 5 nitrogen and oxygen atoms in total. The Morgan fingerprint density at radius 1 is 1.06 bits per heavy atom. The molecule has 33 heavy (non-hydrogen) atoms. The van der Waals surface area contributed by atoms with Gasteiger partial charge in [-0.05, 0) is 67.3 Å². The van der Waals surface area contributed by atoms with Gasteiger partial charge in [0, 0.05) is 5.69 Å². The summed E-state index contributed by atoms with van der Waals surface area (Å²) in [4.78, 5) is 12.7. The molecule has 0 saturated heterocycles. The summed E-state index contributed by atoms with van der Waals surface area (Å²) >= 11 is 6.46. The summed E-state index contributed by atoms with van der Waals surface area (Å²) in [5, 5.41) is 12.7. The standard InChI is InChI=1S/C27H25ClN2O3/c1-17-6-9-20(10-7-17)16-33-26-23(28)13-21(14-25(26)32-4)12-22(15-29)27(31)30-24-11-18(2)5-8-19(24)3/h5-14H,16H2,1-4H3,(H,30,31)/b22-12+.